The van der Waals surface area contributed by atoms with E-state index in [2.05, 4.69) is 4.98 Å². The van der Waals surface area contributed by atoms with Crippen molar-refractivity contribution in [1.82, 2.24) is 9.55 Å². The summed E-state index contributed by atoms with van der Waals surface area (Å²) >= 11 is 0. The van der Waals surface area contributed by atoms with Gasteiger partial charge in [-0.15, -0.1) is 0 Å². The Bertz CT molecular complexity index is 562. The molecule has 0 aliphatic heterocycles. The average Bonchev–Trinajstić information content (AvgIpc) is 2.65. The van der Waals surface area contributed by atoms with Crippen molar-refractivity contribution >= 4 is 5.78 Å². The molecule has 1 fully saturated rings. The van der Waals surface area contributed by atoms with E-state index in [0.717, 1.165) is 25.7 Å². The Morgan fingerprint density at radius 2 is 1.94 bits per heavy atom. The van der Waals surface area contributed by atoms with Crippen LogP contribution in [0.15, 0.2) is 15.8 Å². The van der Waals surface area contributed by atoms with Crippen molar-refractivity contribution in [2.45, 2.75) is 45.1 Å². The summed E-state index contributed by atoms with van der Waals surface area (Å²) in [5.41, 5.74) is -1.29. The molecule has 1 aliphatic carbocycles. The number of carbonyl (C=O) groups is 1. The van der Waals surface area contributed by atoms with Crippen LogP contribution in [-0.2, 0) is 5.54 Å². The number of rotatable bonds is 2. The topological polar surface area (TPSA) is 71.9 Å². The van der Waals surface area contributed by atoms with Crippen LogP contribution < -0.4 is 11.2 Å². The fourth-order valence-corrected chi connectivity index (χ4v) is 2.58. The molecule has 0 unspecified atom stereocenters. The van der Waals surface area contributed by atoms with Gasteiger partial charge >= 0.3 is 5.69 Å². The van der Waals surface area contributed by atoms with Gasteiger partial charge in [0.2, 0.25) is 0 Å². The summed E-state index contributed by atoms with van der Waals surface area (Å²) in [5.74, 6) is -0.318. The highest BCUT2D eigenvalue weighted by Gasteiger charge is 2.33. The van der Waals surface area contributed by atoms with E-state index in [0.29, 0.717) is 0 Å². The molecule has 17 heavy (non-hydrogen) atoms. The third-order valence-corrected chi connectivity index (χ3v) is 3.58. The van der Waals surface area contributed by atoms with Gasteiger partial charge < -0.3 is 4.98 Å². The first-order valence-corrected chi connectivity index (χ1v) is 5.82. The van der Waals surface area contributed by atoms with Gasteiger partial charge in [0.25, 0.3) is 5.56 Å². The summed E-state index contributed by atoms with van der Waals surface area (Å²) < 4.78 is 1.22. The van der Waals surface area contributed by atoms with E-state index in [-0.39, 0.29) is 11.3 Å². The third-order valence-electron chi connectivity index (χ3n) is 3.58. The molecule has 1 N–H and O–H groups in total. The van der Waals surface area contributed by atoms with Crippen LogP contribution in [0.5, 0.6) is 0 Å². The lowest BCUT2D eigenvalue weighted by atomic mass is 10.00. The van der Waals surface area contributed by atoms with Crippen LogP contribution in [0.25, 0.3) is 0 Å². The molecule has 1 saturated carbocycles. The summed E-state index contributed by atoms with van der Waals surface area (Å²) in [6, 6.07) is 0. The largest absolute Gasteiger partial charge is 0.328 e. The van der Waals surface area contributed by atoms with Gasteiger partial charge in [0.1, 0.15) is 0 Å². The fraction of sp³-hybridized carbons (Fsp3) is 0.583. The molecule has 0 atom stereocenters. The highest BCUT2D eigenvalue weighted by molar-refractivity contribution is 5.93. The van der Waals surface area contributed by atoms with Crippen LogP contribution in [-0.4, -0.2) is 15.3 Å². The zero-order chi connectivity index (χ0) is 12.6. The van der Waals surface area contributed by atoms with Gasteiger partial charge in [-0.2, -0.15) is 0 Å². The maximum atomic E-state index is 12.1. The number of hydrogen-bond donors (Lipinski definition) is 1. The predicted octanol–water partition coefficient (Wildman–Crippen LogP) is 1.03. The van der Waals surface area contributed by atoms with Crippen molar-refractivity contribution in [2.24, 2.45) is 0 Å². The SMILES string of the molecule is CC(=O)c1c[nH]c(=O)n(C2(C)CCCC2)c1=O. The van der Waals surface area contributed by atoms with E-state index in [9.17, 15) is 14.4 Å². The molecule has 1 aliphatic rings. The first-order chi connectivity index (χ1) is 7.96. The van der Waals surface area contributed by atoms with Crippen LogP contribution >= 0.6 is 0 Å². The van der Waals surface area contributed by atoms with E-state index < -0.39 is 16.8 Å². The Morgan fingerprint density at radius 1 is 1.35 bits per heavy atom. The maximum Gasteiger partial charge on any atom is 0.328 e. The van der Waals surface area contributed by atoms with Crippen LogP contribution in [0.1, 0.15) is 49.9 Å². The second kappa shape index (κ2) is 3.98. The van der Waals surface area contributed by atoms with Gasteiger partial charge in [-0.05, 0) is 26.7 Å². The minimum Gasteiger partial charge on any atom is -0.313 e. The molecule has 1 aromatic rings. The highest BCUT2D eigenvalue weighted by Crippen LogP contribution is 2.33. The van der Waals surface area contributed by atoms with E-state index >= 15 is 0 Å². The first-order valence-electron chi connectivity index (χ1n) is 5.82. The van der Waals surface area contributed by atoms with Crippen molar-refractivity contribution in [3.05, 3.63) is 32.6 Å². The lowest BCUT2D eigenvalue weighted by Crippen LogP contribution is -2.47. The van der Waals surface area contributed by atoms with Gasteiger partial charge in [-0.1, -0.05) is 12.8 Å². The van der Waals surface area contributed by atoms with Gasteiger partial charge in [0.15, 0.2) is 5.78 Å². The third kappa shape index (κ3) is 1.85. The van der Waals surface area contributed by atoms with E-state index in [4.69, 9.17) is 0 Å². The molecule has 0 aromatic carbocycles. The predicted molar refractivity (Wildman–Crippen MR) is 63.4 cm³/mol. The molecule has 0 spiro atoms. The second-order valence-corrected chi connectivity index (χ2v) is 4.91. The number of ketones is 1. The molecule has 0 amide bonds. The Hall–Kier alpha value is -1.65. The molecule has 5 heteroatoms. The minimum absolute atomic E-state index is 0.0534. The normalized spacial score (nSPS) is 18.2. The molecule has 2 rings (SSSR count). The Morgan fingerprint density at radius 3 is 2.47 bits per heavy atom. The maximum absolute atomic E-state index is 12.1. The summed E-state index contributed by atoms with van der Waals surface area (Å²) in [5, 5.41) is 0. The van der Waals surface area contributed by atoms with Crippen molar-refractivity contribution in [3.8, 4) is 0 Å². The molecule has 0 radical (unpaired) electrons. The molecule has 92 valence electrons. The number of nitrogens with zero attached hydrogens (tertiary/aromatic N) is 1. The van der Waals surface area contributed by atoms with Crippen molar-refractivity contribution < 1.29 is 4.79 Å². The number of aromatic amines is 1. The minimum atomic E-state index is -0.467. The van der Waals surface area contributed by atoms with Crippen molar-refractivity contribution in [1.29, 1.82) is 0 Å². The molecule has 1 heterocycles. The zero-order valence-electron chi connectivity index (χ0n) is 10.1. The number of nitrogens with one attached hydrogen (secondary N) is 1. The van der Waals surface area contributed by atoms with Gasteiger partial charge in [-0.25, -0.2) is 4.79 Å². The average molecular weight is 236 g/mol. The van der Waals surface area contributed by atoms with Crippen LogP contribution in [0.3, 0.4) is 0 Å². The smallest absolute Gasteiger partial charge is 0.313 e. The summed E-state index contributed by atoms with van der Waals surface area (Å²) in [6.45, 7) is 3.23. The lowest BCUT2D eigenvalue weighted by Gasteiger charge is -2.25. The Kier molecular flexibility index (Phi) is 2.77. The molecular weight excluding hydrogens is 220 g/mol. The van der Waals surface area contributed by atoms with E-state index in [1.807, 2.05) is 6.92 Å². The number of H-pyrrole nitrogens is 1. The van der Waals surface area contributed by atoms with Gasteiger partial charge in [0.05, 0.1) is 5.56 Å². The zero-order valence-corrected chi connectivity index (χ0v) is 10.1. The molecule has 5 nitrogen and oxygen atoms in total. The Balaban J connectivity index is 2.69. The highest BCUT2D eigenvalue weighted by atomic mass is 16.2. The second-order valence-electron chi connectivity index (χ2n) is 4.91. The first kappa shape index (κ1) is 11.8. The number of aromatic nitrogens is 2. The number of hydrogen-bond acceptors (Lipinski definition) is 3. The van der Waals surface area contributed by atoms with Crippen molar-refractivity contribution in [3.63, 3.8) is 0 Å². The van der Waals surface area contributed by atoms with E-state index in [1.165, 1.54) is 17.7 Å². The summed E-state index contributed by atoms with van der Waals surface area (Å²) in [7, 11) is 0. The molecular formula is C12H16N2O3. The lowest BCUT2D eigenvalue weighted by molar-refractivity contribution is 0.101. The monoisotopic (exact) mass is 236 g/mol. The van der Waals surface area contributed by atoms with Crippen LogP contribution in [0.2, 0.25) is 0 Å². The van der Waals surface area contributed by atoms with Gasteiger partial charge in [-0.3, -0.25) is 14.2 Å². The summed E-state index contributed by atoms with van der Waals surface area (Å²) in [4.78, 5) is 37.7. The standard InChI is InChI=1S/C12H16N2O3/c1-8(15)9-7-13-11(17)14(10(9)16)12(2)5-3-4-6-12/h7H,3-6H2,1-2H3,(H,13,17). The van der Waals surface area contributed by atoms with Crippen molar-refractivity contribution in [2.75, 3.05) is 0 Å². The van der Waals surface area contributed by atoms with E-state index in [1.54, 1.807) is 0 Å². The van der Waals surface area contributed by atoms with Crippen LogP contribution in [0, 0.1) is 0 Å². The quantitative estimate of drug-likeness (QED) is 0.779. The molecule has 0 bridgehead atoms. The fourth-order valence-electron chi connectivity index (χ4n) is 2.58. The molecule has 0 saturated heterocycles. The summed E-state index contributed by atoms with van der Waals surface area (Å²) in [6.07, 6.45) is 4.83. The molecule has 1 aromatic heterocycles. The Labute approximate surface area is 98.5 Å². The number of Topliss-reactive ketones (excluding diaryl/α,β-unsaturated/α-hetero) is 1. The van der Waals surface area contributed by atoms with Crippen LogP contribution in [0.4, 0.5) is 0 Å². The van der Waals surface area contributed by atoms with Gasteiger partial charge in [0, 0.05) is 11.7 Å². The number of carbonyl (C=O) groups excluding carboxylic acids is 1.